The Morgan fingerprint density at radius 1 is 1.42 bits per heavy atom. The quantitative estimate of drug-likeness (QED) is 0.674. The number of benzene rings is 1. The molecule has 0 saturated carbocycles. The van der Waals surface area contributed by atoms with Gasteiger partial charge < -0.3 is 20.9 Å². The molecule has 6 heteroatoms. The van der Waals surface area contributed by atoms with Gasteiger partial charge in [0.15, 0.2) is 0 Å². The summed E-state index contributed by atoms with van der Waals surface area (Å²) in [4.78, 5) is 22.4. The Morgan fingerprint density at radius 2 is 2.11 bits per heavy atom. The number of carbonyl (C=O) groups is 2. The van der Waals surface area contributed by atoms with Crippen molar-refractivity contribution in [2.75, 3.05) is 12.4 Å². The van der Waals surface area contributed by atoms with Crippen molar-refractivity contribution >= 4 is 17.5 Å². The number of hydrogen-bond acceptors (Lipinski definition) is 4. The van der Waals surface area contributed by atoms with Crippen molar-refractivity contribution in [2.45, 2.75) is 19.8 Å². The van der Waals surface area contributed by atoms with E-state index in [0.29, 0.717) is 11.4 Å². The fraction of sp³-hybridized carbons (Fsp3) is 0.385. The number of ether oxygens (including phenoxy) is 1. The Hall–Kier alpha value is -2.24. The highest BCUT2D eigenvalue weighted by Gasteiger charge is 2.13. The summed E-state index contributed by atoms with van der Waals surface area (Å²) >= 11 is 0. The average molecular weight is 266 g/mol. The summed E-state index contributed by atoms with van der Waals surface area (Å²) in [6.07, 6.45) is 0.316. The number of primary amides is 1. The number of methoxy groups -OCH3 is 1. The Bertz CT molecular complexity index is 474. The van der Waals surface area contributed by atoms with Gasteiger partial charge in [0, 0.05) is 18.9 Å². The summed E-state index contributed by atoms with van der Waals surface area (Å²) < 4.78 is 4.94. The number of rotatable bonds is 6. The van der Waals surface area contributed by atoms with E-state index in [1.807, 2.05) is 0 Å². The van der Waals surface area contributed by atoms with Gasteiger partial charge in [0.1, 0.15) is 11.5 Å². The Morgan fingerprint density at radius 3 is 2.63 bits per heavy atom. The summed E-state index contributed by atoms with van der Waals surface area (Å²) in [5.41, 5.74) is 5.36. The predicted molar refractivity (Wildman–Crippen MR) is 70.9 cm³/mol. The maximum absolute atomic E-state index is 11.7. The number of hydrogen-bond donors (Lipinski definition) is 3. The third kappa shape index (κ3) is 4.87. The first-order chi connectivity index (χ1) is 8.92. The van der Waals surface area contributed by atoms with E-state index in [-0.39, 0.29) is 30.4 Å². The van der Waals surface area contributed by atoms with Crippen LogP contribution in [0, 0.1) is 5.92 Å². The van der Waals surface area contributed by atoms with Crippen LogP contribution in [0.1, 0.15) is 19.8 Å². The zero-order chi connectivity index (χ0) is 14.4. The molecule has 0 bridgehead atoms. The molecule has 0 spiro atoms. The fourth-order valence-electron chi connectivity index (χ4n) is 1.68. The van der Waals surface area contributed by atoms with Gasteiger partial charge in [-0.15, -0.1) is 0 Å². The largest absolute Gasteiger partial charge is 0.506 e. The summed E-state index contributed by atoms with van der Waals surface area (Å²) in [5, 5.41) is 12.3. The van der Waals surface area contributed by atoms with Gasteiger partial charge in [0.05, 0.1) is 12.8 Å². The van der Waals surface area contributed by atoms with Crippen LogP contribution in [0.3, 0.4) is 0 Å². The first kappa shape index (κ1) is 14.8. The van der Waals surface area contributed by atoms with E-state index in [0.717, 1.165) is 0 Å². The molecule has 0 radical (unpaired) electrons. The van der Waals surface area contributed by atoms with Crippen LogP contribution in [-0.4, -0.2) is 24.0 Å². The molecule has 4 N–H and O–H groups in total. The summed E-state index contributed by atoms with van der Waals surface area (Å²) in [7, 11) is 1.48. The zero-order valence-corrected chi connectivity index (χ0v) is 11.0. The molecule has 0 aliphatic heterocycles. The number of carbonyl (C=O) groups excluding carboxylic acids is 2. The molecule has 0 aromatic heterocycles. The van der Waals surface area contributed by atoms with E-state index in [4.69, 9.17) is 10.5 Å². The number of amides is 2. The molecule has 1 aromatic rings. The van der Waals surface area contributed by atoms with Crippen molar-refractivity contribution in [1.82, 2.24) is 0 Å². The molecule has 104 valence electrons. The van der Waals surface area contributed by atoms with E-state index in [1.54, 1.807) is 19.1 Å². The second-order valence-corrected chi connectivity index (χ2v) is 4.41. The van der Waals surface area contributed by atoms with Crippen LogP contribution in [0.2, 0.25) is 0 Å². The SMILES string of the molecule is COc1ccc(NC(=O)C[C@H](C)CC(N)=O)c(O)c1. The van der Waals surface area contributed by atoms with Crippen molar-refractivity contribution in [2.24, 2.45) is 11.7 Å². The molecular weight excluding hydrogens is 248 g/mol. The molecule has 1 atom stereocenters. The molecule has 19 heavy (non-hydrogen) atoms. The number of phenols is 1. The van der Waals surface area contributed by atoms with Crippen LogP contribution < -0.4 is 15.8 Å². The maximum atomic E-state index is 11.7. The lowest BCUT2D eigenvalue weighted by Gasteiger charge is -2.11. The molecule has 0 heterocycles. The number of phenolic OH excluding ortho intramolecular Hbond substituents is 1. The van der Waals surface area contributed by atoms with Crippen LogP contribution in [0.25, 0.3) is 0 Å². The minimum absolute atomic E-state index is 0.0738. The smallest absolute Gasteiger partial charge is 0.224 e. The summed E-state index contributed by atoms with van der Waals surface area (Å²) in [6, 6.07) is 4.58. The highest BCUT2D eigenvalue weighted by atomic mass is 16.5. The normalized spacial score (nSPS) is 11.7. The standard InChI is InChI=1S/C13H18N2O4/c1-8(5-12(14)17)6-13(18)15-10-4-3-9(19-2)7-11(10)16/h3-4,7-8,16H,5-6H2,1-2H3,(H2,14,17)(H,15,18)/t8-/m1/s1. The topological polar surface area (TPSA) is 102 Å². The lowest BCUT2D eigenvalue weighted by atomic mass is 10.0. The number of anilines is 1. The maximum Gasteiger partial charge on any atom is 0.224 e. The molecule has 0 saturated heterocycles. The first-order valence-electron chi connectivity index (χ1n) is 5.87. The van der Waals surface area contributed by atoms with Crippen molar-refractivity contribution in [1.29, 1.82) is 0 Å². The van der Waals surface area contributed by atoms with Crippen molar-refractivity contribution in [3.05, 3.63) is 18.2 Å². The van der Waals surface area contributed by atoms with Gasteiger partial charge in [-0.2, -0.15) is 0 Å². The molecule has 0 aliphatic rings. The van der Waals surface area contributed by atoms with E-state index < -0.39 is 5.91 Å². The Kier molecular flexibility index (Phi) is 5.17. The van der Waals surface area contributed by atoms with Gasteiger partial charge in [0.2, 0.25) is 11.8 Å². The third-order valence-electron chi connectivity index (χ3n) is 2.56. The molecule has 6 nitrogen and oxygen atoms in total. The van der Waals surface area contributed by atoms with Crippen LogP contribution >= 0.6 is 0 Å². The summed E-state index contributed by atoms with van der Waals surface area (Å²) in [5.74, 6) is -0.437. The van der Waals surface area contributed by atoms with E-state index in [2.05, 4.69) is 5.32 Å². The van der Waals surface area contributed by atoms with E-state index >= 15 is 0 Å². The van der Waals surface area contributed by atoms with Gasteiger partial charge >= 0.3 is 0 Å². The number of nitrogens with one attached hydrogen (secondary N) is 1. The van der Waals surface area contributed by atoms with E-state index in [1.165, 1.54) is 13.2 Å². The molecule has 2 amide bonds. The number of nitrogens with two attached hydrogens (primary N) is 1. The lowest BCUT2D eigenvalue weighted by Crippen LogP contribution is -2.20. The van der Waals surface area contributed by atoms with Crippen molar-refractivity contribution < 1.29 is 19.4 Å². The molecule has 0 aliphatic carbocycles. The molecule has 1 aromatic carbocycles. The van der Waals surface area contributed by atoms with Gasteiger partial charge in [-0.3, -0.25) is 9.59 Å². The second-order valence-electron chi connectivity index (χ2n) is 4.41. The Labute approximate surface area is 111 Å². The first-order valence-corrected chi connectivity index (χ1v) is 5.87. The van der Waals surface area contributed by atoms with Crippen molar-refractivity contribution in [3.63, 3.8) is 0 Å². The van der Waals surface area contributed by atoms with Crippen LogP contribution in [0.4, 0.5) is 5.69 Å². The number of aromatic hydroxyl groups is 1. The van der Waals surface area contributed by atoms with Crippen molar-refractivity contribution in [3.8, 4) is 11.5 Å². The average Bonchev–Trinajstić information content (AvgIpc) is 2.30. The molecule has 1 rings (SSSR count). The minimum atomic E-state index is -0.437. The van der Waals surface area contributed by atoms with Gasteiger partial charge in [0.25, 0.3) is 0 Å². The summed E-state index contributed by atoms with van der Waals surface area (Å²) in [6.45, 7) is 1.76. The fourth-order valence-corrected chi connectivity index (χ4v) is 1.68. The van der Waals surface area contributed by atoms with Crippen LogP contribution in [0.15, 0.2) is 18.2 Å². The Balaban J connectivity index is 2.59. The van der Waals surface area contributed by atoms with Gasteiger partial charge in [-0.25, -0.2) is 0 Å². The van der Waals surface area contributed by atoms with Crippen LogP contribution in [-0.2, 0) is 9.59 Å². The highest BCUT2D eigenvalue weighted by Crippen LogP contribution is 2.28. The minimum Gasteiger partial charge on any atom is -0.506 e. The predicted octanol–water partition coefficient (Wildman–Crippen LogP) is 1.24. The highest BCUT2D eigenvalue weighted by molar-refractivity contribution is 5.92. The van der Waals surface area contributed by atoms with Crippen LogP contribution in [0.5, 0.6) is 11.5 Å². The second kappa shape index (κ2) is 6.63. The van der Waals surface area contributed by atoms with E-state index in [9.17, 15) is 14.7 Å². The monoisotopic (exact) mass is 266 g/mol. The van der Waals surface area contributed by atoms with Gasteiger partial charge in [-0.05, 0) is 18.1 Å². The zero-order valence-electron chi connectivity index (χ0n) is 11.0. The molecular formula is C13H18N2O4. The molecule has 0 unspecified atom stereocenters. The van der Waals surface area contributed by atoms with Gasteiger partial charge in [-0.1, -0.05) is 6.92 Å². The molecule has 0 fully saturated rings. The lowest BCUT2D eigenvalue weighted by molar-refractivity contribution is -0.119. The third-order valence-corrected chi connectivity index (χ3v) is 2.56.